The molecule has 3 fully saturated rings. The van der Waals surface area contributed by atoms with Crippen molar-refractivity contribution in [2.24, 2.45) is 11.8 Å². The Hall–Kier alpha value is -1.10. The van der Waals surface area contributed by atoms with Crippen LogP contribution in [0.1, 0.15) is 44.9 Å². The van der Waals surface area contributed by atoms with Crippen LogP contribution in [0.3, 0.4) is 0 Å². The SMILES string of the molecule is CN1C2CCC1CN(C(=O)[C@@H]1CCCC[C@@H]1C(=O)O)CC2. The summed E-state index contributed by atoms with van der Waals surface area (Å²) >= 11 is 0. The number of rotatable bonds is 2. The molecule has 3 aliphatic rings. The van der Waals surface area contributed by atoms with Crippen LogP contribution in [0.25, 0.3) is 0 Å². The van der Waals surface area contributed by atoms with Crippen LogP contribution in [0.15, 0.2) is 0 Å². The summed E-state index contributed by atoms with van der Waals surface area (Å²) < 4.78 is 0. The Kier molecular flexibility index (Phi) is 4.20. The van der Waals surface area contributed by atoms with Crippen molar-refractivity contribution in [3.8, 4) is 0 Å². The van der Waals surface area contributed by atoms with Crippen LogP contribution in [-0.4, -0.2) is 59.0 Å². The zero-order chi connectivity index (χ0) is 15.0. The van der Waals surface area contributed by atoms with Gasteiger partial charge in [-0.05, 0) is 39.2 Å². The first-order valence-corrected chi connectivity index (χ1v) is 8.31. The van der Waals surface area contributed by atoms with Gasteiger partial charge in [-0.25, -0.2) is 0 Å². The fourth-order valence-electron chi connectivity index (χ4n) is 4.47. The monoisotopic (exact) mass is 294 g/mol. The van der Waals surface area contributed by atoms with Gasteiger partial charge in [0.15, 0.2) is 0 Å². The second-order valence-corrected chi connectivity index (χ2v) is 6.96. The molecule has 2 bridgehead atoms. The Morgan fingerprint density at radius 3 is 2.33 bits per heavy atom. The molecule has 1 saturated carbocycles. The molecule has 2 saturated heterocycles. The summed E-state index contributed by atoms with van der Waals surface area (Å²) in [5.74, 6) is -1.45. The predicted octanol–water partition coefficient (Wildman–Crippen LogP) is 1.57. The van der Waals surface area contributed by atoms with E-state index in [0.717, 1.165) is 45.2 Å². The number of carbonyl (C=O) groups is 2. The predicted molar refractivity (Wildman–Crippen MR) is 78.9 cm³/mol. The van der Waals surface area contributed by atoms with Crippen LogP contribution in [-0.2, 0) is 9.59 Å². The first kappa shape index (κ1) is 14.8. The number of carboxylic acids is 1. The third kappa shape index (κ3) is 2.80. The summed E-state index contributed by atoms with van der Waals surface area (Å²) in [7, 11) is 2.16. The van der Waals surface area contributed by atoms with Crippen molar-refractivity contribution in [2.75, 3.05) is 20.1 Å². The first-order valence-electron chi connectivity index (χ1n) is 8.31. The number of aliphatic carboxylic acids is 1. The maximum atomic E-state index is 12.8. The van der Waals surface area contributed by atoms with E-state index in [4.69, 9.17) is 0 Å². The molecule has 21 heavy (non-hydrogen) atoms. The summed E-state index contributed by atoms with van der Waals surface area (Å²) in [6, 6.07) is 1.07. The lowest BCUT2D eigenvalue weighted by Gasteiger charge is -2.33. The molecule has 3 rings (SSSR count). The van der Waals surface area contributed by atoms with Crippen molar-refractivity contribution in [3.63, 3.8) is 0 Å². The van der Waals surface area contributed by atoms with E-state index in [2.05, 4.69) is 11.9 Å². The number of likely N-dealkylation sites (tertiary alicyclic amines) is 1. The Bertz CT molecular complexity index is 426. The molecule has 5 heteroatoms. The topological polar surface area (TPSA) is 60.9 Å². The molecule has 5 nitrogen and oxygen atoms in total. The Morgan fingerprint density at radius 1 is 0.952 bits per heavy atom. The Balaban J connectivity index is 1.70. The first-order chi connectivity index (χ1) is 10.1. The largest absolute Gasteiger partial charge is 0.481 e. The molecule has 2 heterocycles. The van der Waals surface area contributed by atoms with Crippen LogP contribution in [0.4, 0.5) is 0 Å². The highest BCUT2D eigenvalue weighted by Crippen LogP contribution is 2.34. The van der Waals surface area contributed by atoms with Crippen molar-refractivity contribution in [3.05, 3.63) is 0 Å². The molecule has 2 unspecified atom stereocenters. The molecule has 0 spiro atoms. The highest BCUT2D eigenvalue weighted by molar-refractivity contribution is 5.85. The fourth-order valence-corrected chi connectivity index (χ4v) is 4.47. The lowest BCUT2D eigenvalue weighted by atomic mass is 9.78. The van der Waals surface area contributed by atoms with Gasteiger partial charge in [0.2, 0.25) is 5.91 Å². The summed E-state index contributed by atoms with van der Waals surface area (Å²) in [4.78, 5) is 28.7. The molecule has 4 atom stereocenters. The fraction of sp³-hybridized carbons (Fsp3) is 0.875. The molecule has 1 amide bonds. The van der Waals surface area contributed by atoms with Crippen LogP contribution in [0.2, 0.25) is 0 Å². The summed E-state index contributed by atoms with van der Waals surface area (Å²) in [6.45, 7) is 1.59. The molecule has 0 aromatic heterocycles. The number of likely N-dealkylation sites (N-methyl/N-ethyl adjacent to an activating group) is 1. The molecular formula is C16H26N2O3. The number of nitrogens with zero attached hydrogens (tertiary/aromatic N) is 2. The minimum Gasteiger partial charge on any atom is -0.481 e. The minimum absolute atomic E-state index is 0.100. The zero-order valence-electron chi connectivity index (χ0n) is 12.8. The van der Waals surface area contributed by atoms with E-state index in [0.29, 0.717) is 18.5 Å². The average molecular weight is 294 g/mol. The molecule has 118 valence electrons. The van der Waals surface area contributed by atoms with Gasteiger partial charge in [-0.2, -0.15) is 0 Å². The van der Waals surface area contributed by atoms with E-state index in [9.17, 15) is 14.7 Å². The average Bonchev–Trinajstić information content (AvgIpc) is 2.71. The quantitative estimate of drug-likeness (QED) is 0.840. The third-order valence-corrected chi connectivity index (χ3v) is 5.86. The van der Waals surface area contributed by atoms with Crippen molar-refractivity contribution in [1.29, 1.82) is 0 Å². The normalized spacial score (nSPS) is 37.3. The van der Waals surface area contributed by atoms with Gasteiger partial charge in [0.25, 0.3) is 0 Å². The van der Waals surface area contributed by atoms with Gasteiger partial charge in [0.05, 0.1) is 11.8 Å². The highest BCUT2D eigenvalue weighted by atomic mass is 16.4. The Morgan fingerprint density at radius 2 is 1.62 bits per heavy atom. The molecule has 1 N–H and O–H groups in total. The van der Waals surface area contributed by atoms with E-state index in [1.807, 2.05) is 4.90 Å². The molecule has 2 aliphatic heterocycles. The van der Waals surface area contributed by atoms with Gasteiger partial charge in [-0.3, -0.25) is 14.5 Å². The second-order valence-electron chi connectivity index (χ2n) is 6.96. The maximum Gasteiger partial charge on any atom is 0.307 e. The number of amides is 1. The number of carbonyl (C=O) groups excluding carboxylic acids is 1. The minimum atomic E-state index is -0.790. The van der Waals surface area contributed by atoms with Gasteiger partial charge >= 0.3 is 5.97 Å². The van der Waals surface area contributed by atoms with Crippen molar-refractivity contribution < 1.29 is 14.7 Å². The zero-order valence-corrected chi connectivity index (χ0v) is 12.8. The third-order valence-electron chi connectivity index (χ3n) is 5.86. The van der Waals surface area contributed by atoms with Crippen LogP contribution in [0.5, 0.6) is 0 Å². The second kappa shape index (κ2) is 5.95. The van der Waals surface area contributed by atoms with Gasteiger partial charge in [-0.1, -0.05) is 12.8 Å². The summed E-state index contributed by atoms with van der Waals surface area (Å²) in [5.41, 5.74) is 0. The lowest BCUT2D eigenvalue weighted by Crippen LogP contribution is -2.46. The maximum absolute atomic E-state index is 12.8. The van der Waals surface area contributed by atoms with E-state index in [-0.39, 0.29) is 11.8 Å². The molecule has 0 aromatic rings. The highest BCUT2D eigenvalue weighted by Gasteiger charge is 2.41. The number of hydrogen-bond acceptors (Lipinski definition) is 3. The smallest absolute Gasteiger partial charge is 0.307 e. The van der Waals surface area contributed by atoms with Gasteiger partial charge in [-0.15, -0.1) is 0 Å². The van der Waals surface area contributed by atoms with Crippen molar-refractivity contribution in [2.45, 2.75) is 57.0 Å². The molecule has 1 aliphatic carbocycles. The van der Waals surface area contributed by atoms with Gasteiger partial charge in [0.1, 0.15) is 0 Å². The van der Waals surface area contributed by atoms with Crippen molar-refractivity contribution >= 4 is 11.9 Å². The lowest BCUT2D eigenvalue weighted by molar-refractivity contribution is -0.152. The van der Waals surface area contributed by atoms with E-state index < -0.39 is 11.9 Å². The van der Waals surface area contributed by atoms with E-state index in [1.54, 1.807) is 0 Å². The number of carboxylic acid groups (broad SMARTS) is 1. The van der Waals surface area contributed by atoms with E-state index in [1.165, 1.54) is 6.42 Å². The number of fused-ring (bicyclic) bond motifs is 2. The Labute approximate surface area is 126 Å². The van der Waals surface area contributed by atoms with Crippen molar-refractivity contribution in [1.82, 2.24) is 9.80 Å². The summed E-state index contributed by atoms with van der Waals surface area (Å²) in [5, 5.41) is 9.38. The van der Waals surface area contributed by atoms with Gasteiger partial charge < -0.3 is 10.0 Å². The van der Waals surface area contributed by atoms with E-state index >= 15 is 0 Å². The molecule has 0 radical (unpaired) electrons. The van der Waals surface area contributed by atoms with Gasteiger partial charge in [0, 0.05) is 25.2 Å². The van der Waals surface area contributed by atoms with Crippen LogP contribution >= 0.6 is 0 Å². The van der Waals surface area contributed by atoms with Crippen LogP contribution < -0.4 is 0 Å². The number of hydrogen-bond donors (Lipinski definition) is 1. The molecule has 0 aromatic carbocycles. The standard InChI is InChI=1S/C16H26N2O3/c1-17-11-6-7-12(17)10-18(9-8-11)15(19)13-4-2-3-5-14(13)16(20)21/h11-14H,2-10H2,1H3,(H,20,21)/t11?,12?,13-,14+/m1/s1. The summed E-state index contributed by atoms with van der Waals surface area (Å²) in [6.07, 6.45) is 6.77. The van der Waals surface area contributed by atoms with Crippen LogP contribution in [0, 0.1) is 11.8 Å². The molecular weight excluding hydrogens is 268 g/mol.